The van der Waals surface area contributed by atoms with Crippen molar-refractivity contribution in [3.63, 3.8) is 0 Å². The van der Waals surface area contributed by atoms with Crippen molar-refractivity contribution >= 4 is 28.8 Å². The van der Waals surface area contributed by atoms with Gasteiger partial charge in [0.25, 0.3) is 5.91 Å². The molecule has 0 spiro atoms. The van der Waals surface area contributed by atoms with E-state index in [2.05, 4.69) is 15.6 Å². The van der Waals surface area contributed by atoms with Gasteiger partial charge >= 0.3 is 0 Å². The molecule has 0 fully saturated rings. The van der Waals surface area contributed by atoms with Crippen molar-refractivity contribution in [1.82, 2.24) is 20.3 Å². The van der Waals surface area contributed by atoms with E-state index in [9.17, 15) is 9.18 Å². The first-order valence-corrected chi connectivity index (χ1v) is 9.64. The van der Waals surface area contributed by atoms with Crippen LogP contribution in [0.5, 0.6) is 0 Å². The van der Waals surface area contributed by atoms with E-state index >= 15 is 0 Å². The topological polar surface area (TPSA) is 59.8 Å². The highest BCUT2D eigenvalue weighted by Crippen LogP contribution is 2.26. The Kier molecular flexibility index (Phi) is 5.18. The van der Waals surface area contributed by atoms with Crippen LogP contribution in [0.25, 0.3) is 5.69 Å². The van der Waals surface area contributed by atoms with Crippen LogP contribution in [-0.2, 0) is 0 Å². The first-order valence-electron chi connectivity index (χ1n) is 8.38. The molecule has 0 aliphatic carbocycles. The van der Waals surface area contributed by atoms with Crippen LogP contribution in [0.4, 0.5) is 4.39 Å². The Morgan fingerprint density at radius 2 is 1.86 bits per heavy atom. The second-order valence-electron chi connectivity index (χ2n) is 6.00. The fourth-order valence-corrected chi connectivity index (χ4v) is 3.65. The van der Waals surface area contributed by atoms with Crippen LogP contribution in [0, 0.1) is 5.82 Å². The van der Waals surface area contributed by atoms with Gasteiger partial charge < -0.3 is 5.32 Å². The van der Waals surface area contributed by atoms with Crippen molar-refractivity contribution in [2.24, 2.45) is 0 Å². The smallest absolute Gasteiger partial charge is 0.274 e. The summed E-state index contributed by atoms with van der Waals surface area (Å²) in [5.74, 6) is -0.700. The summed E-state index contributed by atoms with van der Waals surface area (Å²) in [6.07, 6.45) is 1.55. The lowest BCUT2D eigenvalue weighted by atomic mass is 10.1. The predicted molar refractivity (Wildman–Crippen MR) is 106 cm³/mol. The zero-order chi connectivity index (χ0) is 19.5. The van der Waals surface area contributed by atoms with Gasteiger partial charge in [-0.1, -0.05) is 35.0 Å². The molecule has 0 aliphatic heterocycles. The number of benzene rings is 2. The number of rotatable bonds is 5. The van der Waals surface area contributed by atoms with Crippen LogP contribution in [0.2, 0.25) is 5.02 Å². The second kappa shape index (κ2) is 7.92. The largest absolute Gasteiger partial charge is 0.339 e. The van der Waals surface area contributed by atoms with Crippen LogP contribution >= 0.6 is 22.9 Å². The SMILES string of the molecule is O=C(N[C@@H](c1ccc(F)cc1)c1cccs1)c1cn(-c2ccc(Cl)cc2)nn1. The van der Waals surface area contributed by atoms with Gasteiger partial charge in [0, 0.05) is 9.90 Å². The molecule has 4 rings (SSSR count). The Morgan fingerprint density at radius 3 is 2.54 bits per heavy atom. The molecule has 0 saturated carbocycles. The molecule has 0 unspecified atom stereocenters. The van der Waals surface area contributed by atoms with Crippen molar-refractivity contribution in [3.05, 3.63) is 99.2 Å². The molecule has 4 aromatic rings. The monoisotopic (exact) mass is 412 g/mol. The van der Waals surface area contributed by atoms with Crippen molar-refractivity contribution in [3.8, 4) is 5.69 Å². The number of nitrogens with zero attached hydrogens (tertiary/aromatic N) is 3. The van der Waals surface area contributed by atoms with Gasteiger partial charge in [-0.3, -0.25) is 4.79 Å². The number of carbonyl (C=O) groups is 1. The molecule has 2 aromatic carbocycles. The summed E-state index contributed by atoms with van der Waals surface area (Å²) in [7, 11) is 0. The molecule has 5 nitrogen and oxygen atoms in total. The third-order valence-electron chi connectivity index (χ3n) is 4.12. The normalized spacial score (nSPS) is 11.9. The lowest BCUT2D eigenvalue weighted by Gasteiger charge is -2.17. The van der Waals surface area contributed by atoms with E-state index in [4.69, 9.17) is 11.6 Å². The zero-order valence-electron chi connectivity index (χ0n) is 14.4. The Labute approximate surface area is 169 Å². The summed E-state index contributed by atoms with van der Waals surface area (Å²) in [4.78, 5) is 13.7. The molecule has 0 aliphatic rings. The van der Waals surface area contributed by atoms with Gasteiger partial charge in [0.1, 0.15) is 5.82 Å². The van der Waals surface area contributed by atoms with Gasteiger partial charge in [0.15, 0.2) is 5.69 Å². The summed E-state index contributed by atoms with van der Waals surface area (Å²) in [6.45, 7) is 0. The number of hydrogen-bond acceptors (Lipinski definition) is 4. The van der Waals surface area contributed by atoms with E-state index in [1.54, 1.807) is 42.6 Å². The van der Waals surface area contributed by atoms with Crippen LogP contribution in [0.15, 0.2) is 72.2 Å². The molecular formula is C20H14ClFN4OS. The number of aromatic nitrogens is 3. The molecule has 1 N–H and O–H groups in total. The highest BCUT2D eigenvalue weighted by molar-refractivity contribution is 7.10. The maximum atomic E-state index is 13.3. The number of hydrogen-bond donors (Lipinski definition) is 1. The molecule has 0 saturated heterocycles. The van der Waals surface area contributed by atoms with Crippen LogP contribution in [0.3, 0.4) is 0 Å². The fourth-order valence-electron chi connectivity index (χ4n) is 2.72. The van der Waals surface area contributed by atoms with Crippen molar-refractivity contribution in [2.75, 3.05) is 0 Å². The number of halogens is 2. The van der Waals surface area contributed by atoms with Gasteiger partial charge in [0.2, 0.25) is 0 Å². The van der Waals surface area contributed by atoms with E-state index in [1.165, 1.54) is 28.2 Å². The van der Waals surface area contributed by atoms with Crippen LogP contribution < -0.4 is 5.32 Å². The Bertz CT molecular complexity index is 1080. The Morgan fingerprint density at radius 1 is 1.11 bits per heavy atom. The van der Waals surface area contributed by atoms with Gasteiger partial charge in [-0.25, -0.2) is 9.07 Å². The maximum Gasteiger partial charge on any atom is 0.274 e. The third-order valence-corrected chi connectivity index (χ3v) is 5.31. The maximum absolute atomic E-state index is 13.3. The summed E-state index contributed by atoms with van der Waals surface area (Å²) in [6, 6.07) is 16.5. The first kappa shape index (κ1) is 18.3. The number of amides is 1. The van der Waals surface area contributed by atoms with E-state index in [0.29, 0.717) is 5.02 Å². The molecule has 0 bridgehead atoms. The van der Waals surface area contributed by atoms with Gasteiger partial charge in [0.05, 0.1) is 17.9 Å². The molecule has 8 heteroatoms. The molecule has 140 valence electrons. The number of thiophene rings is 1. The number of nitrogens with one attached hydrogen (secondary N) is 1. The van der Waals surface area contributed by atoms with Crippen molar-refractivity contribution in [2.45, 2.75) is 6.04 Å². The van der Waals surface area contributed by atoms with Crippen molar-refractivity contribution < 1.29 is 9.18 Å². The Balaban J connectivity index is 1.58. The molecular weight excluding hydrogens is 399 g/mol. The molecule has 1 atom stereocenters. The predicted octanol–water partition coefficient (Wildman–Crippen LogP) is 4.64. The summed E-state index contributed by atoms with van der Waals surface area (Å²) >= 11 is 7.41. The zero-order valence-corrected chi connectivity index (χ0v) is 16.0. The summed E-state index contributed by atoms with van der Waals surface area (Å²) in [5.41, 5.74) is 1.70. The average Bonchev–Trinajstić information content (AvgIpc) is 3.40. The minimum Gasteiger partial charge on any atom is -0.339 e. The van der Waals surface area contributed by atoms with E-state index in [-0.39, 0.29) is 17.4 Å². The quantitative estimate of drug-likeness (QED) is 0.519. The summed E-state index contributed by atoms with van der Waals surface area (Å²) < 4.78 is 14.8. The van der Waals surface area contributed by atoms with Gasteiger partial charge in [-0.2, -0.15) is 0 Å². The summed E-state index contributed by atoms with van der Waals surface area (Å²) in [5, 5.41) is 13.5. The minimum absolute atomic E-state index is 0.179. The van der Waals surface area contributed by atoms with E-state index < -0.39 is 6.04 Å². The molecule has 2 heterocycles. The lowest BCUT2D eigenvalue weighted by molar-refractivity contribution is 0.0938. The second-order valence-corrected chi connectivity index (χ2v) is 7.41. The van der Waals surface area contributed by atoms with E-state index in [0.717, 1.165) is 16.1 Å². The van der Waals surface area contributed by atoms with Crippen LogP contribution in [0.1, 0.15) is 27.0 Å². The standard InChI is InChI=1S/C20H14ClFN4OS/c21-14-5-9-16(10-6-14)26-12-17(24-25-26)20(27)23-19(18-2-1-11-28-18)13-3-7-15(22)8-4-13/h1-12,19H,(H,23,27)/t19-/m0/s1. The average molecular weight is 413 g/mol. The molecule has 2 aromatic heterocycles. The molecule has 0 radical (unpaired) electrons. The molecule has 28 heavy (non-hydrogen) atoms. The van der Waals surface area contributed by atoms with E-state index in [1.807, 2.05) is 17.5 Å². The fraction of sp³-hybridized carbons (Fsp3) is 0.0500. The highest BCUT2D eigenvalue weighted by atomic mass is 35.5. The lowest BCUT2D eigenvalue weighted by Crippen LogP contribution is -2.29. The number of carbonyl (C=O) groups excluding carboxylic acids is 1. The van der Waals surface area contributed by atoms with Crippen LogP contribution in [-0.4, -0.2) is 20.9 Å². The molecule has 1 amide bonds. The first-order chi connectivity index (χ1) is 13.6. The minimum atomic E-state index is -0.409. The van der Waals surface area contributed by atoms with Crippen molar-refractivity contribution in [1.29, 1.82) is 0 Å². The van der Waals surface area contributed by atoms with Gasteiger partial charge in [-0.05, 0) is 53.4 Å². The van der Waals surface area contributed by atoms with Gasteiger partial charge in [-0.15, -0.1) is 16.4 Å². The third kappa shape index (κ3) is 3.95. The highest BCUT2D eigenvalue weighted by Gasteiger charge is 2.21. The Hall–Kier alpha value is -3.03.